The first-order valence-electron chi connectivity index (χ1n) is 13.0. The van der Waals surface area contributed by atoms with E-state index in [0.29, 0.717) is 18.5 Å². The van der Waals surface area contributed by atoms with Crippen molar-refractivity contribution in [1.29, 1.82) is 0 Å². The third-order valence-corrected chi connectivity index (χ3v) is 9.40. The fourth-order valence-electron chi connectivity index (χ4n) is 7.10. The van der Waals surface area contributed by atoms with E-state index < -0.39 is 72.2 Å². The molecule has 1 aromatic rings. The maximum absolute atomic E-state index is 12.7. The number of rotatable bonds is 9. The number of aliphatic hydroxyl groups is 4. The molecule has 0 aromatic carbocycles. The van der Waals surface area contributed by atoms with E-state index in [4.69, 9.17) is 18.6 Å². The summed E-state index contributed by atoms with van der Waals surface area (Å²) in [5.74, 6) is -2.10. The Bertz CT molecular complexity index is 1010. The lowest BCUT2D eigenvalue weighted by molar-refractivity contribution is -0.316. The van der Waals surface area contributed by atoms with Crippen LogP contribution < -0.4 is 0 Å². The molecule has 2 fully saturated rings. The molecule has 11 heteroatoms. The molecule has 212 valence electrons. The summed E-state index contributed by atoms with van der Waals surface area (Å²) >= 11 is 0. The Kier molecular flexibility index (Phi) is 8.37. The maximum atomic E-state index is 12.7. The van der Waals surface area contributed by atoms with Crippen molar-refractivity contribution >= 4 is 12.4 Å². The zero-order chi connectivity index (χ0) is 27.8. The molecule has 1 aliphatic heterocycles. The summed E-state index contributed by atoms with van der Waals surface area (Å²) in [5.41, 5.74) is 0.132. The molecule has 5 N–H and O–H groups in total. The van der Waals surface area contributed by atoms with E-state index in [0.717, 1.165) is 12.0 Å². The van der Waals surface area contributed by atoms with E-state index in [1.54, 1.807) is 6.07 Å². The van der Waals surface area contributed by atoms with Crippen LogP contribution in [0.5, 0.6) is 0 Å². The molecule has 0 spiro atoms. The lowest BCUT2D eigenvalue weighted by atomic mass is 9.45. The number of carbonyl (C=O) groups is 2. The molecule has 3 aliphatic rings. The van der Waals surface area contributed by atoms with Crippen LogP contribution in [0.1, 0.15) is 58.1 Å². The third kappa shape index (κ3) is 4.80. The number of ether oxygens (including phenoxy) is 3. The van der Waals surface area contributed by atoms with E-state index in [1.807, 2.05) is 20.8 Å². The summed E-state index contributed by atoms with van der Waals surface area (Å²) in [5, 5.41) is 51.0. The molecule has 0 radical (unpaired) electrons. The standard InChI is InChI=1S/C27H38O11/c1-14-5-4-6-19-26(2,16(24(33)34)9-20(36-13-29)27(14,19)3)10-17(15-7-8-35-12-15)37-25-23(32)22(31)21(30)18(11-28)38-25/h5,7-8,12-13,16-23,25,28,30-32H,4,6,9-11H2,1-3H3,(H,33,34). The van der Waals surface area contributed by atoms with Crippen molar-refractivity contribution in [3.8, 4) is 0 Å². The van der Waals surface area contributed by atoms with Gasteiger partial charge in [-0.05, 0) is 50.0 Å². The van der Waals surface area contributed by atoms with Gasteiger partial charge in [0.25, 0.3) is 6.47 Å². The highest BCUT2D eigenvalue weighted by molar-refractivity contribution is 5.71. The molecule has 2 heterocycles. The Labute approximate surface area is 221 Å². The first kappa shape index (κ1) is 28.7. The number of aliphatic carboxylic acids is 1. The molecule has 38 heavy (non-hydrogen) atoms. The minimum atomic E-state index is -1.62. The predicted octanol–water partition coefficient (Wildman–Crippen LogP) is 1.54. The van der Waals surface area contributed by atoms with Gasteiger partial charge in [-0.25, -0.2) is 0 Å². The second kappa shape index (κ2) is 11.1. The van der Waals surface area contributed by atoms with E-state index in [1.165, 1.54) is 12.5 Å². The minimum absolute atomic E-state index is 0.112. The van der Waals surface area contributed by atoms with Gasteiger partial charge in [-0.3, -0.25) is 9.59 Å². The summed E-state index contributed by atoms with van der Waals surface area (Å²) in [4.78, 5) is 24.1. The van der Waals surface area contributed by atoms with Gasteiger partial charge in [0.15, 0.2) is 6.29 Å². The van der Waals surface area contributed by atoms with Gasteiger partial charge in [0, 0.05) is 11.0 Å². The number of fused-ring (bicyclic) bond motifs is 1. The fourth-order valence-corrected chi connectivity index (χ4v) is 7.10. The molecule has 1 saturated heterocycles. The van der Waals surface area contributed by atoms with Crippen molar-refractivity contribution < 1.29 is 53.7 Å². The van der Waals surface area contributed by atoms with E-state index in [-0.39, 0.29) is 18.8 Å². The molecule has 2 aliphatic carbocycles. The van der Waals surface area contributed by atoms with Crippen LogP contribution in [0.4, 0.5) is 0 Å². The number of allylic oxidation sites excluding steroid dienone is 1. The Morgan fingerprint density at radius 2 is 1.97 bits per heavy atom. The molecule has 11 nitrogen and oxygen atoms in total. The third-order valence-electron chi connectivity index (χ3n) is 9.40. The van der Waals surface area contributed by atoms with Crippen molar-refractivity contribution in [3.05, 3.63) is 35.8 Å². The average Bonchev–Trinajstić information content (AvgIpc) is 3.42. The van der Waals surface area contributed by atoms with Gasteiger partial charge in [0.05, 0.1) is 31.2 Å². The van der Waals surface area contributed by atoms with Gasteiger partial charge in [-0.15, -0.1) is 0 Å². The number of aliphatic hydroxyl groups excluding tert-OH is 4. The Morgan fingerprint density at radius 1 is 1.24 bits per heavy atom. The highest BCUT2D eigenvalue weighted by atomic mass is 16.7. The summed E-state index contributed by atoms with van der Waals surface area (Å²) in [6.07, 6.45) is -2.08. The second-order valence-electron chi connectivity index (χ2n) is 11.2. The Balaban J connectivity index is 1.72. The summed E-state index contributed by atoms with van der Waals surface area (Å²) in [6, 6.07) is 1.67. The van der Waals surface area contributed by atoms with Crippen LogP contribution in [-0.2, 0) is 23.8 Å². The van der Waals surface area contributed by atoms with Crippen molar-refractivity contribution in [2.24, 2.45) is 22.7 Å². The molecule has 1 aromatic heterocycles. The second-order valence-corrected chi connectivity index (χ2v) is 11.2. The number of carboxylic acids is 1. The SMILES string of the molecule is CC1=CCCC2C(C)(CC(OC3OC(CO)C(O)C(O)C3O)c3ccoc3)C(C(=O)O)CC(OC=O)C12C. The van der Waals surface area contributed by atoms with Crippen LogP contribution >= 0.6 is 0 Å². The number of furan rings is 1. The van der Waals surface area contributed by atoms with Crippen LogP contribution in [-0.4, -0.2) is 81.4 Å². The van der Waals surface area contributed by atoms with E-state index >= 15 is 0 Å². The number of carbonyl (C=O) groups excluding carboxylic acids is 1. The molecule has 11 unspecified atom stereocenters. The fraction of sp³-hybridized carbons (Fsp3) is 0.704. The van der Waals surface area contributed by atoms with Crippen molar-refractivity contribution in [3.63, 3.8) is 0 Å². The van der Waals surface area contributed by atoms with Gasteiger partial charge in [0.1, 0.15) is 30.5 Å². The van der Waals surface area contributed by atoms with Gasteiger partial charge < -0.3 is 44.2 Å². The maximum Gasteiger partial charge on any atom is 0.307 e. The zero-order valence-corrected chi connectivity index (χ0v) is 21.8. The quantitative estimate of drug-likeness (QED) is 0.228. The predicted molar refractivity (Wildman–Crippen MR) is 130 cm³/mol. The van der Waals surface area contributed by atoms with Crippen molar-refractivity contribution in [1.82, 2.24) is 0 Å². The summed E-state index contributed by atoms with van der Waals surface area (Å²) in [6.45, 7) is 5.68. The topological polar surface area (TPSA) is 176 Å². The molecular formula is C27H38O11. The van der Waals surface area contributed by atoms with Gasteiger partial charge in [-0.1, -0.05) is 25.5 Å². The van der Waals surface area contributed by atoms with E-state index in [2.05, 4.69) is 6.08 Å². The molecular weight excluding hydrogens is 500 g/mol. The number of hydrogen-bond acceptors (Lipinski definition) is 10. The monoisotopic (exact) mass is 538 g/mol. The van der Waals surface area contributed by atoms with Crippen LogP contribution in [0.15, 0.2) is 34.7 Å². The average molecular weight is 539 g/mol. The van der Waals surface area contributed by atoms with Crippen LogP contribution in [0.2, 0.25) is 0 Å². The van der Waals surface area contributed by atoms with Gasteiger partial charge in [0.2, 0.25) is 0 Å². The largest absolute Gasteiger partial charge is 0.481 e. The molecule has 1 saturated carbocycles. The first-order valence-corrected chi connectivity index (χ1v) is 13.0. The van der Waals surface area contributed by atoms with Gasteiger partial charge >= 0.3 is 5.97 Å². The lowest BCUT2D eigenvalue weighted by Crippen LogP contribution is -2.60. The van der Waals surface area contributed by atoms with Crippen LogP contribution in [0.25, 0.3) is 0 Å². The Morgan fingerprint density at radius 3 is 2.58 bits per heavy atom. The summed E-state index contributed by atoms with van der Waals surface area (Å²) in [7, 11) is 0. The van der Waals surface area contributed by atoms with Crippen molar-refractivity contribution in [2.45, 2.75) is 89.4 Å². The summed E-state index contributed by atoms with van der Waals surface area (Å²) < 4.78 is 22.6. The van der Waals surface area contributed by atoms with Gasteiger partial charge in [-0.2, -0.15) is 0 Å². The molecule has 0 amide bonds. The highest BCUT2D eigenvalue weighted by Gasteiger charge is 2.62. The first-order chi connectivity index (χ1) is 18.0. The number of hydrogen-bond donors (Lipinski definition) is 5. The smallest absolute Gasteiger partial charge is 0.307 e. The van der Waals surface area contributed by atoms with Crippen LogP contribution in [0, 0.1) is 22.7 Å². The zero-order valence-electron chi connectivity index (χ0n) is 21.8. The highest BCUT2D eigenvalue weighted by Crippen LogP contribution is 2.63. The molecule has 11 atom stereocenters. The molecule has 4 rings (SSSR count). The normalized spacial score (nSPS) is 42.0. The Hall–Kier alpha value is -2.28. The number of carboxylic acid groups (broad SMARTS) is 1. The van der Waals surface area contributed by atoms with E-state index in [9.17, 15) is 35.1 Å². The van der Waals surface area contributed by atoms with Crippen molar-refractivity contribution in [2.75, 3.05) is 6.61 Å². The molecule has 0 bridgehead atoms. The minimum Gasteiger partial charge on any atom is -0.481 e. The van der Waals surface area contributed by atoms with Crippen LogP contribution in [0.3, 0.4) is 0 Å². The lowest BCUT2D eigenvalue weighted by Gasteiger charge is -2.60.